The van der Waals surface area contributed by atoms with Crippen molar-refractivity contribution in [1.29, 1.82) is 0 Å². The quantitative estimate of drug-likeness (QED) is 0.605. The minimum atomic E-state index is -0.401. The Morgan fingerprint density at radius 2 is 1.72 bits per heavy atom. The smallest absolute Gasteiger partial charge is 0.330 e. The summed E-state index contributed by atoms with van der Waals surface area (Å²) in [5.74, 6) is -0.969. The molecule has 1 atom stereocenters. The van der Waals surface area contributed by atoms with Crippen LogP contribution in [-0.4, -0.2) is 26.2 Å². The third-order valence-electron chi connectivity index (χ3n) is 2.60. The van der Waals surface area contributed by atoms with Crippen molar-refractivity contribution in [3.8, 4) is 0 Å². The van der Waals surface area contributed by atoms with E-state index in [4.69, 9.17) is 0 Å². The van der Waals surface area contributed by atoms with Gasteiger partial charge in [-0.25, -0.2) is 4.79 Å². The predicted molar refractivity (Wildman–Crippen MR) is 67.9 cm³/mol. The van der Waals surface area contributed by atoms with Crippen LogP contribution in [0.1, 0.15) is 24.0 Å². The van der Waals surface area contributed by atoms with Crippen LogP contribution in [0.15, 0.2) is 30.3 Å². The van der Waals surface area contributed by atoms with Crippen molar-refractivity contribution in [2.45, 2.75) is 12.8 Å². The van der Waals surface area contributed by atoms with Crippen molar-refractivity contribution in [1.82, 2.24) is 0 Å². The molecule has 0 aliphatic heterocycles. The lowest BCUT2D eigenvalue weighted by Gasteiger charge is -2.09. The number of hydrogen-bond donors (Lipinski definition) is 0. The third kappa shape index (κ3) is 3.73. The summed E-state index contributed by atoms with van der Waals surface area (Å²) in [6, 6.07) is 7.32. The molecule has 0 radical (unpaired) electrons. The van der Waals surface area contributed by atoms with E-state index in [-0.39, 0.29) is 11.9 Å². The van der Waals surface area contributed by atoms with Gasteiger partial charge in [0.2, 0.25) is 0 Å². The maximum atomic E-state index is 11.4. The van der Waals surface area contributed by atoms with E-state index < -0.39 is 5.97 Å². The number of methoxy groups -OCH3 is 2. The summed E-state index contributed by atoms with van der Waals surface area (Å²) in [5, 5.41) is 0. The van der Waals surface area contributed by atoms with Gasteiger partial charge >= 0.3 is 11.9 Å². The second-order valence-corrected chi connectivity index (χ2v) is 3.77. The predicted octanol–water partition coefficient (Wildman–Crippen LogP) is 2.15. The van der Waals surface area contributed by atoms with Crippen molar-refractivity contribution in [3.05, 3.63) is 41.5 Å². The molecule has 18 heavy (non-hydrogen) atoms. The van der Waals surface area contributed by atoms with Crippen molar-refractivity contribution >= 4 is 18.0 Å². The van der Waals surface area contributed by atoms with Crippen molar-refractivity contribution in [2.75, 3.05) is 14.2 Å². The van der Waals surface area contributed by atoms with E-state index in [1.807, 2.05) is 24.3 Å². The molecule has 0 spiro atoms. The molecule has 1 unspecified atom stereocenters. The Morgan fingerprint density at radius 1 is 1.11 bits per heavy atom. The van der Waals surface area contributed by atoms with Crippen molar-refractivity contribution in [3.63, 3.8) is 0 Å². The van der Waals surface area contributed by atoms with E-state index >= 15 is 0 Å². The number of carbonyl (C=O) groups is 2. The number of carbonyl (C=O) groups excluding carboxylic acids is 2. The third-order valence-corrected chi connectivity index (χ3v) is 2.60. The zero-order valence-electron chi connectivity index (χ0n) is 10.7. The van der Waals surface area contributed by atoms with Gasteiger partial charge in [-0.15, -0.1) is 0 Å². The largest absolute Gasteiger partial charge is 0.469 e. The first-order chi connectivity index (χ1) is 8.58. The van der Waals surface area contributed by atoms with Crippen LogP contribution >= 0.6 is 0 Å². The fourth-order valence-electron chi connectivity index (χ4n) is 1.44. The molecule has 0 saturated carbocycles. The SMILES string of the molecule is COC(=O)/C=C/c1ccc(C(C)C(=O)OC)cc1. The fraction of sp³-hybridized carbons (Fsp3) is 0.286. The second-order valence-electron chi connectivity index (χ2n) is 3.77. The van der Waals surface area contributed by atoms with Crippen LogP contribution in [0.4, 0.5) is 0 Å². The Labute approximate surface area is 106 Å². The standard InChI is InChI=1S/C14H16O4/c1-10(14(16)18-3)12-7-4-11(5-8-12)6-9-13(15)17-2/h4-10H,1-3H3/b9-6+. The number of hydrogen-bond acceptors (Lipinski definition) is 4. The molecule has 0 aliphatic carbocycles. The van der Waals surface area contributed by atoms with E-state index in [1.54, 1.807) is 13.0 Å². The first kappa shape index (κ1) is 14.0. The van der Waals surface area contributed by atoms with Crippen LogP contribution in [-0.2, 0) is 19.1 Å². The van der Waals surface area contributed by atoms with Gasteiger partial charge in [0.15, 0.2) is 0 Å². The Hall–Kier alpha value is -2.10. The van der Waals surface area contributed by atoms with Gasteiger partial charge in [0.05, 0.1) is 20.1 Å². The van der Waals surface area contributed by atoms with Crippen molar-refractivity contribution < 1.29 is 19.1 Å². The number of rotatable bonds is 4. The second kappa shape index (κ2) is 6.59. The van der Waals surface area contributed by atoms with Crippen molar-refractivity contribution in [2.24, 2.45) is 0 Å². The van der Waals surface area contributed by atoms with Crippen LogP contribution in [0.5, 0.6) is 0 Å². The number of ether oxygens (including phenoxy) is 2. The molecule has 0 aromatic heterocycles. The van der Waals surface area contributed by atoms with Gasteiger partial charge in [-0.05, 0) is 24.1 Å². The van der Waals surface area contributed by atoms with Gasteiger partial charge in [0.1, 0.15) is 0 Å². The van der Waals surface area contributed by atoms with Crippen LogP contribution in [0, 0.1) is 0 Å². The van der Waals surface area contributed by atoms with Gasteiger partial charge in [0.25, 0.3) is 0 Å². The zero-order valence-corrected chi connectivity index (χ0v) is 10.7. The molecule has 96 valence electrons. The summed E-state index contributed by atoms with van der Waals surface area (Å²) in [6.07, 6.45) is 3.00. The lowest BCUT2D eigenvalue weighted by atomic mass is 10.00. The minimum Gasteiger partial charge on any atom is -0.469 e. The monoisotopic (exact) mass is 248 g/mol. The van der Waals surface area contributed by atoms with Crippen LogP contribution < -0.4 is 0 Å². The molecule has 0 fully saturated rings. The maximum Gasteiger partial charge on any atom is 0.330 e. The molecule has 0 saturated heterocycles. The lowest BCUT2D eigenvalue weighted by Crippen LogP contribution is -2.10. The summed E-state index contributed by atoms with van der Waals surface area (Å²) < 4.78 is 9.17. The van der Waals surface area contributed by atoms with E-state index in [9.17, 15) is 9.59 Å². The molecular weight excluding hydrogens is 232 g/mol. The number of benzene rings is 1. The van der Waals surface area contributed by atoms with Gasteiger partial charge in [-0.3, -0.25) is 4.79 Å². The van der Waals surface area contributed by atoms with E-state index in [0.717, 1.165) is 11.1 Å². The first-order valence-corrected chi connectivity index (χ1v) is 5.52. The van der Waals surface area contributed by atoms with Gasteiger partial charge in [0, 0.05) is 6.08 Å². The van der Waals surface area contributed by atoms with Gasteiger partial charge in [-0.2, -0.15) is 0 Å². The molecule has 0 amide bonds. The number of esters is 2. The van der Waals surface area contributed by atoms with Crippen LogP contribution in [0.3, 0.4) is 0 Å². The molecule has 0 aliphatic rings. The van der Waals surface area contributed by atoms with E-state index in [1.165, 1.54) is 20.3 Å². The molecule has 1 aromatic rings. The summed E-state index contributed by atoms with van der Waals surface area (Å²) in [7, 11) is 2.69. The lowest BCUT2D eigenvalue weighted by molar-refractivity contribution is -0.142. The highest BCUT2D eigenvalue weighted by Crippen LogP contribution is 2.17. The average Bonchev–Trinajstić information content (AvgIpc) is 2.43. The molecule has 4 heteroatoms. The molecular formula is C14H16O4. The molecule has 0 N–H and O–H groups in total. The zero-order chi connectivity index (χ0) is 13.5. The highest BCUT2D eigenvalue weighted by Gasteiger charge is 2.14. The molecule has 4 nitrogen and oxygen atoms in total. The van der Waals surface area contributed by atoms with Crippen LogP contribution in [0.2, 0.25) is 0 Å². The average molecular weight is 248 g/mol. The van der Waals surface area contributed by atoms with Gasteiger partial charge in [-0.1, -0.05) is 24.3 Å². The highest BCUT2D eigenvalue weighted by molar-refractivity contribution is 5.87. The Kier molecular flexibility index (Phi) is 5.11. The Balaban J connectivity index is 2.77. The fourth-order valence-corrected chi connectivity index (χ4v) is 1.44. The first-order valence-electron chi connectivity index (χ1n) is 5.52. The minimum absolute atomic E-state index is 0.271. The summed E-state index contributed by atoms with van der Waals surface area (Å²) in [5.41, 5.74) is 1.73. The highest BCUT2D eigenvalue weighted by atomic mass is 16.5. The normalized spacial score (nSPS) is 12.2. The molecule has 0 bridgehead atoms. The maximum absolute atomic E-state index is 11.4. The summed E-state index contributed by atoms with van der Waals surface area (Å²) in [6.45, 7) is 1.78. The molecule has 1 aromatic carbocycles. The van der Waals surface area contributed by atoms with Gasteiger partial charge < -0.3 is 9.47 Å². The summed E-state index contributed by atoms with van der Waals surface area (Å²) in [4.78, 5) is 22.3. The Morgan fingerprint density at radius 3 is 2.22 bits per heavy atom. The molecule has 0 heterocycles. The van der Waals surface area contributed by atoms with Crippen LogP contribution in [0.25, 0.3) is 6.08 Å². The molecule has 1 rings (SSSR count). The van der Waals surface area contributed by atoms with E-state index in [2.05, 4.69) is 9.47 Å². The van der Waals surface area contributed by atoms with E-state index in [0.29, 0.717) is 0 Å². The topological polar surface area (TPSA) is 52.6 Å². The summed E-state index contributed by atoms with van der Waals surface area (Å²) >= 11 is 0. The Bertz CT molecular complexity index is 445.